The number of benzene rings is 1. The van der Waals surface area contributed by atoms with E-state index in [0.29, 0.717) is 0 Å². The van der Waals surface area contributed by atoms with Crippen molar-refractivity contribution in [1.29, 1.82) is 0 Å². The van der Waals surface area contributed by atoms with E-state index in [4.69, 9.17) is 4.74 Å². The molecule has 114 valence electrons. The predicted molar refractivity (Wildman–Crippen MR) is 88.8 cm³/mol. The minimum Gasteiger partial charge on any atom is -0.487 e. The van der Waals surface area contributed by atoms with Crippen molar-refractivity contribution in [2.75, 3.05) is 6.54 Å². The third-order valence-electron chi connectivity index (χ3n) is 3.36. The molecule has 0 aliphatic carbocycles. The summed E-state index contributed by atoms with van der Waals surface area (Å²) < 4.78 is 6.24. The van der Waals surface area contributed by atoms with Crippen molar-refractivity contribution >= 4 is 10.9 Å². The summed E-state index contributed by atoms with van der Waals surface area (Å²) in [7, 11) is 0. The van der Waals surface area contributed by atoms with Crippen molar-refractivity contribution in [2.45, 2.75) is 52.2 Å². The second kappa shape index (κ2) is 6.90. The SMILES string of the molecule is CCCC(CNC(C)(C)C)Oc1cccc2cccnc12. The van der Waals surface area contributed by atoms with E-state index in [1.165, 1.54) is 0 Å². The zero-order valence-corrected chi connectivity index (χ0v) is 13.5. The molecule has 0 radical (unpaired) electrons. The van der Waals surface area contributed by atoms with Crippen LogP contribution >= 0.6 is 0 Å². The first-order valence-electron chi connectivity index (χ1n) is 7.75. The highest BCUT2D eigenvalue weighted by Gasteiger charge is 2.16. The Morgan fingerprint density at radius 1 is 1.19 bits per heavy atom. The minimum absolute atomic E-state index is 0.104. The summed E-state index contributed by atoms with van der Waals surface area (Å²) in [5, 5.41) is 4.65. The number of para-hydroxylation sites is 1. The Balaban J connectivity index is 2.15. The van der Waals surface area contributed by atoms with E-state index in [2.05, 4.69) is 50.1 Å². The molecule has 1 atom stereocenters. The number of rotatable bonds is 6. The molecule has 2 aromatic rings. The van der Waals surface area contributed by atoms with E-state index >= 15 is 0 Å². The van der Waals surface area contributed by atoms with Gasteiger partial charge in [-0.05, 0) is 39.3 Å². The molecule has 0 amide bonds. The molecule has 0 bridgehead atoms. The molecule has 1 aromatic carbocycles. The first kappa shape index (κ1) is 15.8. The van der Waals surface area contributed by atoms with Gasteiger partial charge in [-0.3, -0.25) is 4.98 Å². The molecule has 1 unspecified atom stereocenters. The predicted octanol–water partition coefficient (Wildman–Crippen LogP) is 4.17. The van der Waals surface area contributed by atoms with Crippen LogP contribution in [0.2, 0.25) is 0 Å². The van der Waals surface area contributed by atoms with Crippen molar-refractivity contribution in [3.8, 4) is 5.75 Å². The first-order chi connectivity index (χ1) is 9.99. The van der Waals surface area contributed by atoms with Crippen molar-refractivity contribution in [3.05, 3.63) is 36.5 Å². The molecule has 0 aliphatic heterocycles. The molecule has 1 heterocycles. The van der Waals surface area contributed by atoms with Crippen LogP contribution in [0.3, 0.4) is 0 Å². The Labute approximate surface area is 127 Å². The summed E-state index contributed by atoms with van der Waals surface area (Å²) in [6.07, 6.45) is 4.13. The van der Waals surface area contributed by atoms with Crippen LogP contribution in [0.4, 0.5) is 0 Å². The van der Waals surface area contributed by atoms with Crippen LogP contribution in [0.15, 0.2) is 36.5 Å². The molecule has 0 fully saturated rings. The van der Waals surface area contributed by atoms with E-state index in [0.717, 1.165) is 36.0 Å². The van der Waals surface area contributed by atoms with Gasteiger partial charge < -0.3 is 10.1 Å². The maximum Gasteiger partial charge on any atom is 0.146 e. The molecule has 3 heteroatoms. The second-order valence-electron chi connectivity index (χ2n) is 6.49. The van der Waals surface area contributed by atoms with Crippen molar-refractivity contribution < 1.29 is 4.74 Å². The van der Waals surface area contributed by atoms with Crippen molar-refractivity contribution in [2.24, 2.45) is 0 Å². The highest BCUT2D eigenvalue weighted by Crippen LogP contribution is 2.24. The molecule has 2 rings (SSSR count). The monoisotopic (exact) mass is 286 g/mol. The lowest BCUT2D eigenvalue weighted by atomic mass is 10.1. The molecular formula is C18H26N2O. The number of pyridine rings is 1. The van der Waals surface area contributed by atoms with Crippen LogP contribution in [-0.2, 0) is 0 Å². The van der Waals surface area contributed by atoms with Crippen LogP contribution in [-0.4, -0.2) is 23.2 Å². The Morgan fingerprint density at radius 3 is 2.67 bits per heavy atom. The van der Waals surface area contributed by atoms with E-state index < -0.39 is 0 Å². The minimum atomic E-state index is 0.104. The summed E-state index contributed by atoms with van der Waals surface area (Å²) in [5.74, 6) is 0.877. The van der Waals surface area contributed by atoms with E-state index in [1.807, 2.05) is 24.4 Å². The van der Waals surface area contributed by atoms with Gasteiger partial charge in [0.25, 0.3) is 0 Å². The zero-order chi connectivity index (χ0) is 15.3. The molecule has 0 spiro atoms. The van der Waals surface area contributed by atoms with Gasteiger partial charge in [0.2, 0.25) is 0 Å². The van der Waals surface area contributed by atoms with Crippen LogP contribution < -0.4 is 10.1 Å². The first-order valence-corrected chi connectivity index (χ1v) is 7.75. The Kier molecular flexibility index (Phi) is 5.18. The molecule has 0 saturated carbocycles. The van der Waals surface area contributed by atoms with Gasteiger partial charge in [-0.2, -0.15) is 0 Å². The summed E-state index contributed by atoms with van der Waals surface area (Å²) in [6.45, 7) is 9.57. The fraction of sp³-hybridized carbons (Fsp3) is 0.500. The standard InChI is InChI=1S/C18H26N2O/c1-5-8-15(13-20-18(2,3)4)21-16-11-6-9-14-10-7-12-19-17(14)16/h6-7,9-12,15,20H,5,8,13H2,1-4H3. The molecular weight excluding hydrogens is 260 g/mol. The maximum absolute atomic E-state index is 6.24. The van der Waals surface area contributed by atoms with Crippen LogP contribution in [0, 0.1) is 0 Å². The highest BCUT2D eigenvalue weighted by molar-refractivity contribution is 5.84. The highest BCUT2D eigenvalue weighted by atomic mass is 16.5. The summed E-state index contributed by atoms with van der Waals surface area (Å²) in [4.78, 5) is 4.46. The summed E-state index contributed by atoms with van der Waals surface area (Å²) in [5.41, 5.74) is 1.05. The molecule has 0 saturated heterocycles. The fourth-order valence-corrected chi connectivity index (χ4v) is 2.30. The third kappa shape index (κ3) is 4.71. The fourth-order valence-electron chi connectivity index (χ4n) is 2.30. The Morgan fingerprint density at radius 2 is 1.95 bits per heavy atom. The van der Waals surface area contributed by atoms with E-state index in [9.17, 15) is 0 Å². The summed E-state index contributed by atoms with van der Waals surface area (Å²) >= 11 is 0. The van der Waals surface area contributed by atoms with Gasteiger partial charge >= 0.3 is 0 Å². The number of fused-ring (bicyclic) bond motifs is 1. The van der Waals surface area contributed by atoms with Crippen LogP contribution in [0.25, 0.3) is 10.9 Å². The second-order valence-corrected chi connectivity index (χ2v) is 6.49. The van der Waals surface area contributed by atoms with Crippen molar-refractivity contribution in [1.82, 2.24) is 10.3 Å². The molecule has 21 heavy (non-hydrogen) atoms. The van der Waals surface area contributed by atoms with Gasteiger partial charge in [-0.15, -0.1) is 0 Å². The lowest BCUT2D eigenvalue weighted by molar-refractivity contribution is 0.177. The van der Waals surface area contributed by atoms with Gasteiger partial charge in [0.1, 0.15) is 17.4 Å². The average Bonchev–Trinajstić information content (AvgIpc) is 2.44. The number of ether oxygens (including phenoxy) is 1. The van der Waals surface area contributed by atoms with E-state index in [1.54, 1.807) is 0 Å². The van der Waals surface area contributed by atoms with Gasteiger partial charge in [0, 0.05) is 23.7 Å². The maximum atomic E-state index is 6.24. The molecule has 0 aliphatic rings. The smallest absolute Gasteiger partial charge is 0.146 e. The number of nitrogens with one attached hydrogen (secondary N) is 1. The summed E-state index contributed by atoms with van der Waals surface area (Å²) in [6, 6.07) is 10.1. The largest absolute Gasteiger partial charge is 0.487 e. The number of hydrogen-bond donors (Lipinski definition) is 1. The topological polar surface area (TPSA) is 34.1 Å². The quantitative estimate of drug-likeness (QED) is 0.865. The van der Waals surface area contributed by atoms with Crippen molar-refractivity contribution in [3.63, 3.8) is 0 Å². The zero-order valence-electron chi connectivity index (χ0n) is 13.5. The molecule has 1 aromatic heterocycles. The van der Waals surface area contributed by atoms with Gasteiger partial charge in [0.05, 0.1) is 0 Å². The van der Waals surface area contributed by atoms with Crippen LogP contribution in [0.1, 0.15) is 40.5 Å². The lowest BCUT2D eigenvalue weighted by Gasteiger charge is -2.26. The average molecular weight is 286 g/mol. The lowest BCUT2D eigenvalue weighted by Crippen LogP contribution is -2.42. The number of hydrogen-bond acceptors (Lipinski definition) is 3. The van der Waals surface area contributed by atoms with Gasteiger partial charge in [-0.1, -0.05) is 31.5 Å². The number of nitrogens with zero attached hydrogens (tertiary/aromatic N) is 1. The normalized spacial score (nSPS) is 13.3. The third-order valence-corrected chi connectivity index (χ3v) is 3.36. The Hall–Kier alpha value is -1.61. The Bertz CT molecular complexity index is 569. The molecule has 3 nitrogen and oxygen atoms in total. The van der Waals surface area contributed by atoms with Gasteiger partial charge in [-0.25, -0.2) is 0 Å². The molecule has 1 N–H and O–H groups in total. The van der Waals surface area contributed by atoms with Gasteiger partial charge in [0.15, 0.2) is 0 Å². The van der Waals surface area contributed by atoms with Crippen LogP contribution in [0.5, 0.6) is 5.75 Å². The number of aromatic nitrogens is 1. The van der Waals surface area contributed by atoms with E-state index in [-0.39, 0.29) is 11.6 Å².